The van der Waals surface area contributed by atoms with Crippen LogP contribution >= 0.6 is 11.8 Å². The van der Waals surface area contributed by atoms with Crippen LogP contribution in [0.25, 0.3) is 6.08 Å². The number of furan rings is 1. The van der Waals surface area contributed by atoms with Crippen LogP contribution in [0.1, 0.15) is 32.9 Å². The number of carbonyl (C=O) groups excluding carboxylic acids is 4. The maximum atomic E-state index is 13.2. The number of hydrogen-bond acceptors (Lipinski definition) is 7. The topological polar surface area (TPSA) is 146 Å². The molecular formula is C31H23N3O7S. The fourth-order valence-corrected chi connectivity index (χ4v) is 5.30. The first-order chi connectivity index (χ1) is 20.3. The minimum atomic E-state index is -1.11. The molecule has 0 radical (unpaired) electrons. The highest BCUT2D eigenvalue weighted by Gasteiger charge is 2.40. The van der Waals surface area contributed by atoms with E-state index in [0.717, 1.165) is 4.90 Å². The Morgan fingerprint density at radius 3 is 2.36 bits per heavy atom. The van der Waals surface area contributed by atoms with Crippen molar-refractivity contribution in [1.29, 1.82) is 0 Å². The van der Waals surface area contributed by atoms with Crippen molar-refractivity contribution < 1.29 is 33.5 Å². The number of carboxylic acid groups (broad SMARTS) is 1. The van der Waals surface area contributed by atoms with Gasteiger partial charge in [0, 0.05) is 28.6 Å². The van der Waals surface area contributed by atoms with E-state index in [1.807, 2.05) is 0 Å². The maximum Gasteiger partial charge on any atom is 0.335 e. The van der Waals surface area contributed by atoms with E-state index in [4.69, 9.17) is 9.52 Å². The number of anilines is 2. The van der Waals surface area contributed by atoms with Crippen molar-refractivity contribution >= 4 is 58.8 Å². The highest BCUT2D eigenvalue weighted by atomic mass is 32.2. The Morgan fingerprint density at radius 1 is 0.905 bits per heavy atom. The lowest BCUT2D eigenvalue weighted by molar-refractivity contribution is -0.121. The Balaban J connectivity index is 1.29. The van der Waals surface area contributed by atoms with Crippen molar-refractivity contribution in [2.24, 2.45) is 0 Å². The van der Waals surface area contributed by atoms with Crippen LogP contribution in [0.3, 0.4) is 0 Å². The number of nitrogens with zero attached hydrogens (tertiary/aromatic N) is 1. The molecule has 4 amide bonds. The Hall–Kier alpha value is -5.42. The number of benzene rings is 3. The molecule has 5 rings (SSSR count). The van der Waals surface area contributed by atoms with Gasteiger partial charge in [0.05, 0.1) is 22.8 Å². The van der Waals surface area contributed by atoms with Crippen molar-refractivity contribution in [3.63, 3.8) is 0 Å². The Morgan fingerprint density at radius 2 is 1.67 bits per heavy atom. The molecule has 1 saturated heterocycles. The number of carbonyl (C=O) groups is 5. The van der Waals surface area contributed by atoms with Gasteiger partial charge in [0.2, 0.25) is 11.8 Å². The van der Waals surface area contributed by atoms with Crippen molar-refractivity contribution in [2.45, 2.75) is 16.6 Å². The summed E-state index contributed by atoms with van der Waals surface area (Å²) in [7, 11) is 0. The normalized spacial score (nSPS) is 15.0. The van der Waals surface area contributed by atoms with Gasteiger partial charge in [-0.25, -0.2) is 9.69 Å². The SMILES string of the molecule is O=C(Nc1cccc(S[C@H]2CC(=O)N(c3ccc(C(=O)O)cc3)C2=O)c1)/C(=C/c1ccco1)NC(=O)c1ccccc1. The summed E-state index contributed by atoms with van der Waals surface area (Å²) >= 11 is 1.17. The Labute approximate surface area is 244 Å². The molecule has 0 aliphatic carbocycles. The smallest absolute Gasteiger partial charge is 0.335 e. The van der Waals surface area contributed by atoms with E-state index in [9.17, 15) is 24.0 Å². The number of carboxylic acids is 1. The van der Waals surface area contributed by atoms with Crippen LogP contribution in [0.2, 0.25) is 0 Å². The van der Waals surface area contributed by atoms with Gasteiger partial charge in [0.15, 0.2) is 0 Å². The van der Waals surface area contributed by atoms with Crippen LogP contribution in [-0.4, -0.2) is 40.0 Å². The minimum Gasteiger partial charge on any atom is -0.478 e. The third kappa shape index (κ3) is 6.48. The second kappa shape index (κ2) is 12.4. The second-order valence-corrected chi connectivity index (χ2v) is 10.4. The van der Waals surface area contributed by atoms with E-state index in [0.29, 0.717) is 27.6 Å². The molecule has 2 heterocycles. The average Bonchev–Trinajstić information content (AvgIpc) is 3.60. The molecule has 1 atom stereocenters. The van der Waals surface area contributed by atoms with Crippen LogP contribution in [0.4, 0.5) is 11.4 Å². The number of amides is 4. The first-order valence-corrected chi connectivity index (χ1v) is 13.6. The number of hydrogen-bond donors (Lipinski definition) is 3. The summed E-state index contributed by atoms with van der Waals surface area (Å²) in [5, 5.41) is 13.8. The van der Waals surface area contributed by atoms with Gasteiger partial charge in [-0.05, 0) is 66.7 Å². The van der Waals surface area contributed by atoms with Crippen LogP contribution in [0, 0.1) is 0 Å². The number of imide groups is 1. The van der Waals surface area contributed by atoms with Gasteiger partial charge in [-0.15, -0.1) is 11.8 Å². The summed E-state index contributed by atoms with van der Waals surface area (Å²) in [5.41, 5.74) is 1.08. The number of aromatic carboxylic acids is 1. The van der Waals surface area contributed by atoms with E-state index in [1.54, 1.807) is 66.7 Å². The maximum absolute atomic E-state index is 13.2. The molecule has 0 bridgehead atoms. The quantitative estimate of drug-likeness (QED) is 0.189. The molecular weight excluding hydrogens is 558 g/mol. The molecule has 3 aromatic carbocycles. The lowest BCUT2D eigenvalue weighted by atomic mass is 10.2. The summed E-state index contributed by atoms with van der Waals surface area (Å²) in [5.74, 6) is -2.63. The highest BCUT2D eigenvalue weighted by molar-refractivity contribution is 8.00. The molecule has 1 aliphatic rings. The first kappa shape index (κ1) is 28.1. The van der Waals surface area contributed by atoms with Crippen molar-refractivity contribution in [3.05, 3.63) is 120 Å². The van der Waals surface area contributed by atoms with Crippen molar-refractivity contribution in [2.75, 3.05) is 10.2 Å². The molecule has 1 aliphatic heterocycles. The third-order valence-corrected chi connectivity index (χ3v) is 7.39. The predicted octanol–water partition coefficient (Wildman–Crippen LogP) is 4.81. The van der Waals surface area contributed by atoms with Crippen molar-refractivity contribution in [1.82, 2.24) is 5.32 Å². The minimum absolute atomic E-state index is 0.0394. The van der Waals surface area contributed by atoms with Crippen LogP contribution in [0.15, 0.2) is 112 Å². The van der Waals surface area contributed by atoms with Crippen LogP contribution in [-0.2, 0) is 14.4 Å². The predicted molar refractivity (Wildman–Crippen MR) is 156 cm³/mol. The lowest BCUT2D eigenvalue weighted by Crippen LogP contribution is -2.31. The molecule has 210 valence electrons. The largest absolute Gasteiger partial charge is 0.478 e. The molecule has 1 aromatic heterocycles. The summed E-state index contributed by atoms with van der Waals surface area (Å²) in [6, 6.07) is 24.0. The second-order valence-electron chi connectivity index (χ2n) is 9.11. The van der Waals surface area contributed by atoms with Gasteiger partial charge in [0.1, 0.15) is 11.5 Å². The van der Waals surface area contributed by atoms with E-state index in [2.05, 4.69) is 10.6 Å². The molecule has 3 N–H and O–H groups in total. The van der Waals surface area contributed by atoms with E-state index >= 15 is 0 Å². The van der Waals surface area contributed by atoms with E-state index < -0.39 is 34.8 Å². The zero-order valence-electron chi connectivity index (χ0n) is 21.9. The zero-order valence-corrected chi connectivity index (χ0v) is 22.7. The Bertz CT molecular complexity index is 1680. The number of nitrogens with one attached hydrogen (secondary N) is 2. The monoisotopic (exact) mass is 581 g/mol. The summed E-state index contributed by atoms with van der Waals surface area (Å²) in [6.07, 6.45) is 2.82. The molecule has 42 heavy (non-hydrogen) atoms. The summed E-state index contributed by atoms with van der Waals surface area (Å²) in [4.78, 5) is 64.6. The molecule has 0 saturated carbocycles. The lowest BCUT2D eigenvalue weighted by Gasteiger charge is -2.15. The first-order valence-electron chi connectivity index (χ1n) is 12.7. The summed E-state index contributed by atoms with van der Waals surface area (Å²) < 4.78 is 5.32. The zero-order chi connectivity index (χ0) is 29.6. The van der Waals surface area contributed by atoms with E-state index in [1.165, 1.54) is 48.4 Å². The van der Waals surface area contributed by atoms with E-state index in [-0.39, 0.29) is 17.7 Å². The number of thioether (sulfide) groups is 1. The Kier molecular flexibility index (Phi) is 8.30. The molecule has 4 aromatic rings. The van der Waals surface area contributed by atoms with Gasteiger partial charge < -0.3 is 20.2 Å². The standard InChI is InChI=1S/C31H23N3O7S/c35-27-18-26(30(38)34(27)22-13-11-20(12-14-22)31(39)40)42-24-10-4-8-21(16-24)32-29(37)25(17-23-9-5-15-41-23)33-28(36)19-6-2-1-3-7-19/h1-17,26H,18H2,(H,32,37)(H,33,36)(H,39,40)/b25-17-/t26-/m0/s1. The van der Waals surface area contributed by atoms with Gasteiger partial charge >= 0.3 is 5.97 Å². The van der Waals surface area contributed by atoms with Crippen LogP contribution < -0.4 is 15.5 Å². The van der Waals surface area contributed by atoms with Crippen molar-refractivity contribution in [3.8, 4) is 0 Å². The fraction of sp³-hybridized carbons (Fsp3) is 0.0645. The fourth-order valence-electron chi connectivity index (χ4n) is 4.19. The molecule has 1 fully saturated rings. The van der Waals surface area contributed by atoms with Gasteiger partial charge in [0.25, 0.3) is 11.8 Å². The van der Waals surface area contributed by atoms with Crippen LogP contribution in [0.5, 0.6) is 0 Å². The molecule has 10 nitrogen and oxygen atoms in total. The van der Waals surface area contributed by atoms with Gasteiger partial charge in [-0.1, -0.05) is 24.3 Å². The summed E-state index contributed by atoms with van der Waals surface area (Å²) in [6.45, 7) is 0. The number of rotatable bonds is 9. The molecule has 11 heteroatoms. The van der Waals surface area contributed by atoms with Gasteiger partial charge in [-0.3, -0.25) is 19.2 Å². The highest BCUT2D eigenvalue weighted by Crippen LogP contribution is 2.35. The third-order valence-electron chi connectivity index (χ3n) is 6.21. The average molecular weight is 582 g/mol. The molecule has 0 spiro atoms. The van der Waals surface area contributed by atoms with Gasteiger partial charge in [-0.2, -0.15) is 0 Å². The molecule has 0 unspecified atom stereocenters.